The molecule has 16 heavy (non-hydrogen) atoms. The molecular weight excluding hydrogens is 196 g/mol. The van der Waals surface area contributed by atoms with Gasteiger partial charge >= 0.3 is 0 Å². The first-order valence-corrected chi connectivity index (χ1v) is 6.13. The fourth-order valence-electron chi connectivity index (χ4n) is 3.27. The van der Waals surface area contributed by atoms with Crippen LogP contribution in [0.15, 0.2) is 30.3 Å². The number of rotatable bonds is 2. The molecule has 0 aromatic heterocycles. The van der Waals surface area contributed by atoms with Gasteiger partial charge in [0.05, 0.1) is 0 Å². The van der Waals surface area contributed by atoms with Crippen molar-refractivity contribution in [2.24, 2.45) is 11.3 Å². The first kappa shape index (κ1) is 9.86. The van der Waals surface area contributed by atoms with E-state index in [1.54, 1.807) is 0 Å². The Hall–Kier alpha value is -1.33. The summed E-state index contributed by atoms with van der Waals surface area (Å²) >= 11 is 0. The highest BCUT2D eigenvalue weighted by Gasteiger charge is 2.49. The third-order valence-electron chi connectivity index (χ3n) is 4.38. The van der Waals surface area contributed by atoms with Gasteiger partial charge in [-0.3, -0.25) is 0 Å². The van der Waals surface area contributed by atoms with Crippen molar-refractivity contribution >= 4 is 11.5 Å². The highest BCUT2D eigenvalue weighted by molar-refractivity contribution is 5.89. The van der Waals surface area contributed by atoms with Crippen molar-refractivity contribution < 1.29 is 4.79 Å². The van der Waals surface area contributed by atoms with Gasteiger partial charge < -0.3 is 0 Å². The molecule has 2 aliphatic carbocycles. The van der Waals surface area contributed by atoms with E-state index >= 15 is 0 Å². The first-order chi connectivity index (χ1) is 7.83. The topological polar surface area (TPSA) is 17.1 Å². The summed E-state index contributed by atoms with van der Waals surface area (Å²) in [6, 6.07) is 10.0. The summed E-state index contributed by atoms with van der Waals surface area (Å²) in [4.78, 5) is 11.1. The molecule has 1 spiro atoms. The lowest BCUT2D eigenvalue weighted by atomic mass is 9.50. The SMILES string of the molecule is O=C=C(c1ccccc1)C1CC2(CCC2)C1. The standard InChI is InChI=1S/C15H16O/c16-11-14(12-5-2-1-3-6-12)13-9-15(10-13)7-4-8-15/h1-3,5-6,13H,4,7-10H2. The third kappa shape index (κ3) is 1.44. The molecular formula is C15H16O. The highest BCUT2D eigenvalue weighted by atomic mass is 16.1. The molecule has 1 nitrogen and oxygen atoms in total. The fourth-order valence-corrected chi connectivity index (χ4v) is 3.27. The van der Waals surface area contributed by atoms with Gasteiger partial charge in [0.1, 0.15) is 5.94 Å². The van der Waals surface area contributed by atoms with Gasteiger partial charge in [-0.05, 0) is 42.6 Å². The summed E-state index contributed by atoms with van der Waals surface area (Å²) in [5.41, 5.74) is 2.59. The van der Waals surface area contributed by atoms with E-state index in [2.05, 4.69) is 5.94 Å². The number of allylic oxidation sites excluding steroid dienone is 1. The molecule has 0 N–H and O–H groups in total. The molecule has 0 amide bonds. The fraction of sp³-hybridized carbons (Fsp3) is 0.467. The first-order valence-electron chi connectivity index (χ1n) is 6.13. The van der Waals surface area contributed by atoms with Crippen molar-refractivity contribution in [3.8, 4) is 0 Å². The Morgan fingerprint density at radius 3 is 2.38 bits per heavy atom. The molecule has 0 saturated heterocycles. The van der Waals surface area contributed by atoms with Crippen LogP contribution in [0.25, 0.3) is 5.57 Å². The second-order valence-electron chi connectivity index (χ2n) is 5.34. The molecule has 1 heteroatoms. The number of benzene rings is 1. The van der Waals surface area contributed by atoms with Crippen LogP contribution < -0.4 is 0 Å². The summed E-state index contributed by atoms with van der Waals surface area (Å²) in [5.74, 6) is 2.65. The van der Waals surface area contributed by atoms with Crippen LogP contribution in [0.2, 0.25) is 0 Å². The average Bonchev–Trinajstić information content (AvgIpc) is 2.21. The molecule has 2 fully saturated rings. The van der Waals surface area contributed by atoms with Crippen LogP contribution in [0, 0.1) is 11.3 Å². The van der Waals surface area contributed by atoms with Crippen LogP contribution in [-0.2, 0) is 4.79 Å². The van der Waals surface area contributed by atoms with E-state index in [0.717, 1.165) is 11.1 Å². The van der Waals surface area contributed by atoms with E-state index in [9.17, 15) is 4.79 Å². The van der Waals surface area contributed by atoms with Crippen molar-refractivity contribution in [2.45, 2.75) is 32.1 Å². The van der Waals surface area contributed by atoms with Gasteiger partial charge in [-0.2, -0.15) is 0 Å². The summed E-state index contributed by atoms with van der Waals surface area (Å²) in [6.07, 6.45) is 6.58. The van der Waals surface area contributed by atoms with Gasteiger partial charge in [0, 0.05) is 5.57 Å². The Morgan fingerprint density at radius 2 is 1.88 bits per heavy atom. The van der Waals surface area contributed by atoms with Gasteiger partial charge in [-0.15, -0.1) is 0 Å². The second kappa shape index (κ2) is 3.61. The number of hydrogen-bond acceptors (Lipinski definition) is 1. The smallest absolute Gasteiger partial charge is 0.128 e. The molecule has 1 aromatic carbocycles. The Morgan fingerprint density at radius 1 is 1.19 bits per heavy atom. The summed E-state index contributed by atoms with van der Waals surface area (Å²) in [6.45, 7) is 0. The summed E-state index contributed by atoms with van der Waals surface area (Å²) in [7, 11) is 0. The maximum absolute atomic E-state index is 11.1. The molecule has 0 bridgehead atoms. The van der Waals surface area contributed by atoms with Crippen LogP contribution in [0.3, 0.4) is 0 Å². The van der Waals surface area contributed by atoms with E-state index in [4.69, 9.17) is 0 Å². The van der Waals surface area contributed by atoms with Gasteiger partial charge in [-0.25, -0.2) is 4.79 Å². The monoisotopic (exact) mass is 212 g/mol. The zero-order valence-electron chi connectivity index (χ0n) is 9.41. The third-order valence-corrected chi connectivity index (χ3v) is 4.38. The van der Waals surface area contributed by atoms with Crippen molar-refractivity contribution in [1.82, 2.24) is 0 Å². The largest absolute Gasteiger partial charge is 0.233 e. The Kier molecular flexibility index (Phi) is 2.22. The van der Waals surface area contributed by atoms with Crippen LogP contribution >= 0.6 is 0 Å². The van der Waals surface area contributed by atoms with Gasteiger partial charge in [0.15, 0.2) is 0 Å². The van der Waals surface area contributed by atoms with Crippen LogP contribution in [0.4, 0.5) is 0 Å². The van der Waals surface area contributed by atoms with E-state index in [1.165, 1.54) is 32.1 Å². The van der Waals surface area contributed by atoms with Crippen molar-refractivity contribution in [3.05, 3.63) is 35.9 Å². The van der Waals surface area contributed by atoms with Crippen LogP contribution in [0.1, 0.15) is 37.7 Å². The lowest BCUT2D eigenvalue weighted by molar-refractivity contribution is 0.000246. The van der Waals surface area contributed by atoms with Crippen molar-refractivity contribution in [1.29, 1.82) is 0 Å². The maximum atomic E-state index is 11.1. The highest BCUT2D eigenvalue weighted by Crippen LogP contribution is 2.61. The lowest BCUT2D eigenvalue weighted by Gasteiger charge is -2.54. The molecule has 1 aromatic rings. The zero-order valence-corrected chi connectivity index (χ0v) is 9.41. The lowest BCUT2D eigenvalue weighted by Crippen LogP contribution is -2.43. The average molecular weight is 212 g/mol. The molecule has 0 heterocycles. The van der Waals surface area contributed by atoms with Crippen molar-refractivity contribution in [2.75, 3.05) is 0 Å². The van der Waals surface area contributed by atoms with E-state index in [0.29, 0.717) is 11.3 Å². The van der Waals surface area contributed by atoms with Gasteiger partial charge in [-0.1, -0.05) is 36.8 Å². The van der Waals surface area contributed by atoms with Gasteiger partial charge in [0.25, 0.3) is 0 Å². The quantitative estimate of drug-likeness (QED) is 0.686. The maximum Gasteiger partial charge on any atom is 0.128 e. The number of carbonyl (C=O) groups excluding carboxylic acids is 1. The Labute approximate surface area is 96.2 Å². The molecule has 0 atom stereocenters. The molecule has 0 aliphatic heterocycles. The summed E-state index contributed by atoms with van der Waals surface area (Å²) < 4.78 is 0. The summed E-state index contributed by atoms with van der Waals surface area (Å²) in [5, 5.41) is 0. The number of hydrogen-bond donors (Lipinski definition) is 0. The Balaban J connectivity index is 1.77. The Bertz CT molecular complexity index is 428. The molecule has 2 aliphatic rings. The van der Waals surface area contributed by atoms with E-state index in [1.807, 2.05) is 30.3 Å². The minimum Gasteiger partial charge on any atom is -0.233 e. The predicted octanol–water partition coefficient (Wildman–Crippen LogP) is 3.48. The van der Waals surface area contributed by atoms with Gasteiger partial charge in [0.2, 0.25) is 0 Å². The molecule has 82 valence electrons. The second-order valence-corrected chi connectivity index (χ2v) is 5.34. The molecule has 0 unspecified atom stereocenters. The molecule has 0 radical (unpaired) electrons. The minimum absolute atomic E-state index is 0.472. The van der Waals surface area contributed by atoms with E-state index < -0.39 is 0 Å². The molecule has 2 saturated carbocycles. The van der Waals surface area contributed by atoms with Crippen LogP contribution in [-0.4, -0.2) is 5.94 Å². The zero-order chi connectivity index (χ0) is 11.0. The molecule has 3 rings (SSSR count). The van der Waals surface area contributed by atoms with E-state index in [-0.39, 0.29) is 0 Å². The predicted molar refractivity (Wildman–Crippen MR) is 64.6 cm³/mol. The minimum atomic E-state index is 0.472. The normalized spacial score (nSPS) is 22.0. The van der Waals surface area contributed by atoms with Crippen molar-refractivity contribution in [3.63, 3.8) is 0 Å². The van der Waals surface area contributed by atoms with Crippen LogP contribution in [0.5, 0.6) is 0 Å².